The number of carbonyl (C=O) groups is 3. The Balaban J connectivity index is 1.83. The van der Waals surface area contributed by atoms with Gasteiger partial charge in [0, 0.05) is 13.0 Å². The Morgan fingerprint density at radius 3 is 2.40 bits per heavy atom. The summed E-state index contributed by atoms with van der Waals surface area (Å²) in [5.74, 6) is 0.240. The highest BCUT2D eigenvalue weighted by atomic mass is 16.2. The molecule has 1 atom stereocenters. The number of nitrogens with one attached hydrogen (secondary N) is 1. The average Bonchev–Trinajstić information content (AvgIpc) is 2.54. The minimum atomic E-state index is -0.712. The van der Waals surface area contributed by atoms with Crippen molar-refractivity contribution in [3.63, 3.8) is 0 Å². The van der Waals surface area contributed by atoms with Crippen LogP contribution in [0.25, 0.3) is 0 Å². The predicted octanol–water partition coefficient (Wildman–Crippen LogP) is 0.370. The van der Waals surface area contributed by atoms with E-state index in [2.05, 4.69) is 19.2 Å². The number of nitrogens with two attached hydrogens (primary N) is 2. The summed E-state index contributed by atoms with van der Waals surface area (Å²) in [6.07, 6.45) is 4.10. The molecule has 7 nitrogen and oxygen atoms in total. The molecule has 0 aromatic carbocycles. The van der Waals surface area contributed by atoms with Crippen molar-refractivity contribution >= 4 is 17.7 Å². The van der Waals surface area contributed by atoms with E-state index in [1.54, 1.807) is 4.90 Å². The third kappa shape index (κ3) is 4.71. The largest absolute Gasteiger partial charge is 0.370 e. The van der Waals surface area contributed by atoms with Crippen molar-refractivity contribution in [2.45, 2.75) is 58.4 Å². The Hall–Kier alpha value is -1.63. The van der Waals surface area contributed by atoms with Gasteiger partial charge < -0.3 is 21.7 Å². The lowest BCUT2D eigenvalue weighted by molar-refractivity contribution is -0.172. The highest BCUT2D eigenvalue weighted by Gasteiger charge is 2.55. The molecule has 1 aliphatic heterocycles. The summed E-state index contributed by atoms with van der Waals surface area (Å²) >= 11 is 0. The Morgan fingerprint density at radius 2 is 1.92 bits per heavy atom. The van der Waals surface area contributed by atoms with Crippen LogP contribution in [0.3, 0.4) is 0 Å². The van der Waals surface area contributed by atoms with E-state index in [1.807, 2.05) is 0 Å². The smallest absolute Gasteiger partial charge is 0.240 e. The third-order valence-corrected chi connectivity index (χ3v) is 5.60. The van der Waals surface area contributed by atoms with Crippen LogP contribution in [-0.4, -0.2) is 48.3 Å². The summed E-state index contributed by atoms with van der Waals surface area (Å²) in [7, 11) is 0. The van der Waals surface area contributed by atoms with Crippen LogP contribution < -0.4 is 16.8 Å². The zero-order chi connectivity index (χ0) is 18.6. The minimum absolute atomic E-state index is 0.0226. The van der Waals surface area contributed by atoms with E-state index in [-0.39, 0.29) is 24.2 Å². The molecule has 0 radical (unpaired) electrons. The highest BCUT2D eigenvalue weighted by molar-refractivity contribution is 5.94. The van der Waals surface area contributed by atoms with Crippen molar-refractivity contribution in [1.29, 1.82) is 0 Å². The van der Waals surface area contributed by atoms with Gasteiger partial charge in [0.25, 0.3) is 0 Å². The van der Waals surface area contributed by atoms with Gasteiger partial charge in [-0.05, 0) is 57.0 Å². The summed E-state index contributed by atoms with van der Waals surface area (Å²) in [4.78, 5) is 36.9. The van der Waals surface area contributed by atoms with Gasteiger partial charge >= 0.3 is 0 Å². The molecule has 1 heterocycles. The second kappa shape index (κ2) is 8.17. The van der Waals surface area contributed by atoms with Crippen molar-refractivity contribution in [2.24, 2.45) is 28.7 Å². The normalized spacial score (nSPS) is 27.4. The molecule has 0 unspecified atom stereocenters. The first-order valence-electron chi connectivity index (χ1n) is 9.34. The molecular formula is C18H32N4O3. The zero-order valence-corrected chi connectivity index (χ0v) is 15.4. The molecule has 1 spiro atoms. The molecule has 1 saturated heterocycles. The molecule has 2 aliphatic rings. The van der Waals surface area contributed by atoms with Gasteiger partial charge in [-0.15, -0.1) is 0 Å². The molecule has 1 saturated carbocycles. The fourth-order valence-electron chi connectivity index (χ4n) is 4.04. The van der Waals surface area contributed by atoms with E-state index in [9.17, 15) is 14.4 Å². The van der Waals surface area contributed by atoms with Crippen molar-refractivity contribution in [3.05, 3.63) is 0 Å². The van der Waals surface area contributed by atoms with Gasteiger partial charge in [0.1, 0.15) is 6.04 Å². The van der Waals surface area contributed by atoms with E-state index in [0.29, 0.717) is 18.4 Å². The van der Waals surface area contributed by atoms with Gasteiger partial charge in [-0.1, -0.05) is 13.8 Å². The van der Waals surface area contributed by atoms with Crippen LogP contribution in [0.5, 0.6) is 0 Å². The first-order valence-corrected chi connectivity index (χ1v) is 9.34. The van der Waals surface area contributed by atoms with Gasteiger partial charge in [0.2, 0.25) is 17.7 Å². The monoisotopic (exact) mass is 352 g/mol. The summed E-state index contributed by atoms with van der Waals surface area (Å²) in [6, 6.07) is -0.712. The first-order chi connectivity index (χ1) is 11.7. The number of amides is 3. The lowest BCUT2D eigenvalue weighted by atomic mass is 9.64. The zero-order valence-electron chi connectivity index (χ0n) is 15.4. The van der Waals surface area contributed by atoms with E-state index >= 15 is 0 Å². The number of likely N-dealkylation sites (tertiary alicyclic amines) is 1. The maximum Gasteiger partial charge on any atom is 0.240 e. The third-order valence-electron chi connectivity index (χ3n) is 5.60. The maximum absolute atomic E-state index is 12.7. The topological polar surface area (TPSA) is 119 Å². The van der Waals surface area contributed by atoms with Crippen molar-refractivity contribution < 1.29 is 14.4 Å². The molecule has 5 N–H and O–H groups in total. The quantitative estimate of drug-likeness (QED) is 0.519. The van der Waals surface area contributed by atoms with Crippen LogP contribution >= 0.6 is 0 Å². The second-order valence-electron chi connectivity index (χ2n) is 8.13. The van der Waals surface area contributed by atoms with Gasteiger partial charge in [0.05, 0.1) is 5.41 Å². The number of hydrogen-bond acceptors (Lipinski definition) is 4. The van der Waals surface area contributed by atoms with E-state index in [1.165, 1.54) is 0 Å². The van der Waals surface area contributed by atoms with E-state index in [0.717, 1.165) is 38.8 Å². The summed E-state index contributed by atoms with van der Waals surface area (Å²) in [5.41, 5.74) is 10.3. The lowest BCUT2D eigenvalue weighted by Crippen LogP contribution is -2.67. The van der Waals surface area contributed by atoms with Gasteiger partial charge in [-0.25, -0.2) is 0 Å². The van der Waals surface area contributed by atoms with Gasteiger partial charge in [-0.2, -0.15) is 0 Å². The molecule has 142 valence electrons. The average molecular weight is 352 g/mol. The first kappa shape index (κ1) is 19.7. The Kier molecular flexibility index (Phi) is 6.43. The molecule has 2 rings (SSSR count). The van der Waals surface area contributed by atoms with Crippen LogP contribution in [0.2, 0.25) is 0 Å². The highest BCUT2D eigenvalue weighted by Crippen LogP contribution is 2.47. The fraction of sp³-hybridized carbons (Fsp3) is 0.833. The van der Waals surface area contributed by atoms with E-state index < -0.39 is 17.9 Å². The number of nitrogens with zero attached hydrogens (tertiary/aromatic N) is 1. The van der Waals surface area contributed by atoms with Crippen molar-refractivity contribution in [1.82, 2.24) is 10.2 Å². The molecule has 3 amide bonds. The van der Waals surface area contributed by atoms with Crippen LogP contribution in [0, 0.1) is 17.3 Å². The van der Waals surface area contributed by atoms with Crippen LogP contribution in [0.1, 0.15) is 52.4 Å². The molecule has 0 aromatic heterocycles. The van der Waals surface area contributed by atoms with Gasteiger partial charge in [0.15, 0.2) is 0 Å². The van der Waals surface area contributed by atoms with Crippen LogP contribution in [0.4, 0.5) is 0 Å². The van der Waals surface area contributed by atoms with E-state index in [4.69, 9.17) is 11.5 Å². The SMILES string of the molecule is CC(C)CNCC1CCC2(CC1)CN([C@@H](CCC(N)=O)C(N)=O)C2=O. The number of hydrogen-bond donors (Lipinski definition) is 3. The standard InChI is InChI=1S/C18H32N4O3/c1-12(2)9-21-10-13-5-7-18(8-6-13)11-22(17(18)25)14(16(20)24)3-4-15(19)23/h12-14,21H,3-11H2,1-2H3,(H2,19,23)(H2,20,24)/t13?,14-,18?/m0/s1. The molecular weight excluding hydrogens is 320 g/mol. The van der Waals surface area contributed by atoms with Gasteiger partial charge in [-0.3, -0.25) is 14.4 Å². The maximum atomic E-state index is 12.7. The molecule has 0 bridgehead atoms. The molecule has 7 heteroatoms. The van der Waals surface area contributed by atoms with Crippen molar-refractivity contribution in [3.8, 4) is 0 Å². The molecule has 1 aliphatic carbocycles. The molecule has 2 fully saturated rings. The fourth-order valence-corrected chi connectivity index (χ4v) is 4.04. The Bertz CT molecular complexity index is 512. The number of primary amides is 2. The summed E-state index contributed by atoms with van der Waals surface area (Å²) < 4.78 is 0. The summed E-state index contributed by atoms with van der Waals surface area (Å²) in [5, 5.41) is 3.50. The molecule has 25 heavy (non-hydrogen) atoms. The molecule has 0 aromatic rings. The van der Waals surface area contributed by atoms with Crippen LogP contribution in [0.15, 0.2) is 0 Å². The number of rotatable bonds is 9. The van der Waals surface area contributed by atoms with Crippen molar-refractivity contribution in [2.75, 3.05) is 19.6 Å². The Morgan fingerprint density at radius 1 is 1.28 bits per heavy atom. The lowest BCUT2D eigenvalue weighted by Gasteiger charge is -2.54. The predicted molar refractivity (Wildman–Crippen MR) is 95.2 cm³/mol. The number of β-lactam (4-membered cyclic amide) rings is 1. The summed E-state index contributed by atoms with van der Waals surface area (Å²) in [6.45, 7) is 6.99. The Labute approximate surface area is 149 Å². The second-order valence-corrected chi connectivity index (χ2v) is 8.13. The number of carbonyl (C=O) groups excluding carboxylic acids is 3. The minimum Gasteiger partial charge on any atom is -0.370 e. The van der Waals surface area contributed by atoms with Crippen LogP contribution in [-0.2, 0) is 14.4 Å².